The number of aliphatic hydroxyl groups is 1. The zero-order chi connectivity index (χ0) is 16.5. The molecule has 0 bridgehead atoms. The average molecular weight is 304 g/mol. The van der Waals surface area contributed by atoms with Gasteiger partial charge in [0, 0.05) is 16.7 Å². The summed E-state index contributed by atoms with van der Waals surface area (Å²) in [5, 5.41) is 30.1. The summed E-state index contributed by atoms with van der Waals surface area (Å²) < 4.78 is 0. The number of phenols is 2. The zero-order valence-electron chi connectivity index (χ0n) is 13.9. The average Bonchev–Trinajstić information content (AvgIpc) is 2.48. The summed E-state index contributed by atoms with van der Waals surface area (Å²) in [6.45, 7) is 5.83. The first-order chi connectivity index (χ1) is 10.5. The smallest absolute Gasteiger partial charge is 0.125 e. The van der Waals surface area contributed by atoms with E-state index in [-0.39, 0.29) is 18.1 Å². The van der Waals surface area contributed by atoms with E-state index in [0.717, 1.165) is 18.4 Å². The minimum atomic E-state index is -0.295. The summed E-state index contributed by atoms with van der Waals surface area (Å²) in [4.78, 5) is 0. The largest absolute Gasteiger partial charge is 0.507 e. The highest BCUT2D eigenvalue weighted by molar-refractivity contribution is 5.66. The Morgan fingerprint density at radius 1 is 1.18 bits per heavy atom. The Bertz CT molecular complexity index is 538. The van der Waals surface area contributed by atoms with Gasteiger partial charge in [-0.3, -0.25) is 0 Å². The van der Waals surface area contributed by atoms with E-state index in [1.807, 2.05) is 26.0 Å². The maximum Gasteiger partial charge on any atom is 0.125 e. The Kier molecular flexibility index (Phi) is 7.75. The first kappa shape index (κ1) is 18.3. The van der Waals surface area contributed by atoms with Gasteiger partial charge in [-0.25, -0.2) is 0 Å². The second-order valence-electron chi connectivity index (χ2n) is 5.84. The van der Waals surface area contributed by atoms with Crippen molar-refractivity contribution in [2.24, 2.45) is 0 Å². The van der Waals surface area contributed by atoms with Crippen LogP contribution < -0.4 is 0 Å². The number of phenolic OH excluding ortho intramolecular Hbond substituents is 1. The van der Waals surface area contributed by atoms with Gasteiger partial charge in [-0.05, 0) is 39.2 Å². The first-order valence-electron chi connectivity index (χ1n) is 7.98. The van der Waals surface area contributed by atoms with Crippen LogP contribution in [0.3, 0.4) is 0 Å². The first-order valence-corrected chi connectivity index (χ1v) is 7.98. The van der Waals surface area contributed by atoms with Gasteiger partial charge in [-0.2, -0.15) is 0 Å². The molecule has 0 aliphatic heterocycles. The highest BCUT2D eigenvalue weighted by atomic mass is 16.3. The standard InChI is InChI=1S/C19H28O3/c1-4-5-6-7-8-9-16-17(13-20)19(22)15(12-18(16)21)11-10-14(2)3/h8-10,12,20-22H,4-7,11,13H2,1-3H3/b9-8+. The third-order valence-electron chi connectivity index (χ3n) is 3.65. The molecule has 0 saturated heterocycles. The molecule has 0 aromatic heterocycles. The van der Waals surface area contributed by atoms with Crippen LogP contribution in [0.5, 0.6) is 11.5 Å². The fraction of sp³-hybridized carbons (Fsp3) is 0.474. The van der Waals surface area contributed by atoms with Crippen molar-refractivity contribution in [3.63, 3.8) is 0 Å². The van der Waals surface area contributed by atoms with Crippen molar-refractivity contribution in [1.82, 2.24) is 0 Å². The summed E-state index contributed by atoms with van der Waals surface area (Å²) in [6, 6.07) is 1.58. The SMILES string of the molecule is CCCCC/C=C/c1c(O)cc(CC=C(C)C)c(O)c1CO. The second kappa shape index (κ2) is 9.31. The maximum atomic E-state index is 10.3. The van der Waals surface area contributed by atoms with Crippen LogP contribution in [-0.4, -0.2) is 15.3 Å². The molecule has 0 spiro atoms. The number of aromatic hydroxyl groups is 2. The normalized spacial score (nSPS) is 11.1. The summed E-state index contributed by atoms with van der Waals surface area (Å²) in [5.41, 5.74) is 2.68. The van der Waals surface area contributed by atoms with Crippen molar-refractivity contribution < 1.29 is 15.3 Å². The van der Waals surface area contributed by atoms with E-state index < -0.39 is 0 Å². The number of benzene rings is 1. The van der Waals surface area contributed by atoms with Crippen molar-refractivity contribution in [2.45, 2.75) is 59.5 Å². The minimum absolute atomic E-state index is 0.0750. The fourth-order valence-electron chi connectivity index (χ4n) is 2.32. The Morgan fingerprint density at radius 3 is 2.50 bits per heavy atom. The third-order valence-corrected chi connectivity index (χ3v) is 3.65. The van der Waals surface area contributed by atoms with Crippen LogP contribution in [0.4, 0.5) is 0 Å². The molecule has 22 heavy (non-hydrogen) atoms. The van der Waals surface area contributed by atoms with Gasteiger partial charge in [-0.1, -0.05) is 43.6 Å². The van der Waals surface area contributed by atoms with E-state index in [0.29, 0.717) is 23.1 Å². The van der Waals surface area contributed by atoms with Crippen molar-refractivity contribution in [2.75, 3.05) is 0 Å². The van der Waals surface area contributed by atoms with Gasteiger partial charge in [-0.15, -0.1) is 0 Å². The molecule has 0 aliphatic rings. The predicted molar refractivity (Wildman–Crippen MR) is 92.0 cm³/mol. The van der Waals surface area contributed by atoms with Crippen LogP contribution in [0.25, 0.3) is 6.08 Å². The van der Waals surface area contributed by atoms with Crippen LogP contribution in [0, 0.1) is 0 Å². The van der Waals surface area contributed by atoms with Crippen molar-refractivity contribution in [1.29, 1.82) is 0 Å². The molecule has 1 aromatic carbocycles. The number of rotatable bonds is 8. The van der Waals surface area contributed by atoms with Gasteiger partial charge in [0.1, 0.15) is 11.5 Å². The van der Waals surface area contributed by atoms with Crippen LogP contribution in [0.2, 0.25) is 0 Å². The number of allylic oxidation sites excluding steroid dienone is 3. The lowest BCUT2D eigenvalue weighted by Crippen LogP contribution is -1.95. The summed E-state index contributed by atoms with van der Waals surface area (Å²) >= 11 is 0. The molecule has 3 N–H and O–H groups in total. The number of hydrogen-bond donors (Lipinski definition) is 3. The van der Waals surface area contributed by atoms with Gasteiger partial charge in [0.05, 0.1) is 6.61 Å². The number of aliphatic hydroxyl groups excluding tert-OH is 1. The molecule has 0 unspecified atom stereocenters. The molecule has 3 heteroatoms. The lowest BCUT2D eigenvalue weighted by Gasteiger charge is -2.13. The molecular weight excluding hydrogens is 276 g/mol. The zero-order valence-corrected chi connectivity index (χ0v) is 13.9. The Morgan fingerprint density at radius 2 is 1.91 bits per heavy atom. The van der Waals surface area contributed by atoms with Gasteiger partial charge >= 0.3 is 0 Å². The highest BCUT2D eigenvalue weighted by Gasteiger charge is 2.14. The molecule has 0 amide bonds. The molecule has 0 fully saturated rings. The van der Waals surface area contributed by atoms with Crippen LogP contribution in [0.1, 0.15) is 63.1 Å². The van der Waals surface area contributed by atoms with Gasteiger partial charge < -0.3 is 15.3 Å². The van der Waals surface area contributed by atoms with E-state index in [1.54, 1.807) is 12.1 Å². The van der Waals surface area contributed by atoms with Crippen LogP contribution in [0.15, 0.2) is 23.8 Å². The minimum Gasteiger partial charge on any atom is -0.507 e. The molecule has 0 radical (unpaired) electrons. The summed E-state index contributed by atoms with van der Waals surface area (Å²) in [7, 11) is 0. The highest BCUT2D eigenvalue weighted by Crippen LogP contribution is 2.35. The lowest BCUT2D eigenvalue weighted by molar-refractivity contribution is 0.274. The molecule has 122 valence electrons. The molecule has 0 saturated carbocycles. The monoisotopic (exact) mass is 304 g/mol. The van der Waals surface area contributed by atoms with E-state index in [2.05, 4.69) is 6.92 Å². The van der Waals surface area contributed by atoms with Crippen LogP contribution in [-0.2, 0) is 13.0 Å². The quantitative estimate of drug-likeness (QED) is 0.371. The fourth-order valence-corrected chi connectivity index (χ4v) is 2.32. The second-order valence-corrected chi connectivity index (χ2v) is 5.84. The lowest BCUT2D eigenvalue weighted by atomic mass is 9.98. The molecule has 0 heterocycles. The van der Waals surface area contributed by atoms with Crippen molar-refractivity contribution in [3.8, 4) is 11.5 Å². The van der Waals surface area contributed by atoms with Gasteiger partial charge in [0.25, 0.3) is 0 Å². The van der Waals surface area contributed by atoms with E-state index >= 15 is 0 Å². The van der Waals surface area contributed by atoms with Gasteiger partial charge in [0.15, 0.2) is 0 Å². The van der Waals surface area contributed by atoms with Crippen molar-refractivity contribution >= 4 is 6.08 Å². The Labute approximate surface area is 133 Å². The topological polar surface area (TPSA) is 60.7 Å². The van der Waals surface area contributed by atoms with E-state index in [9.17, 15) is 15.3 Å². The summed E-state index contributed by atoms with van der Waals surface area (Å²) in [6.07, 6.45) is 10.7. The van der Waals surface area contributed by atoms with Gasteiger partial charge in [0.2, 0.25) is 0 Å². The number of unbranched alkanes of at least 4 members (excludes halogenated alkanes) is 3. The molecule has 0 atom stereocenters. The van der Waals surface area contributed by atoms with E-state index in [1.165, 1.54) is 12.8 Å². The molecular formula is C19H28O3. The third kappa shape index (κ3) is 5.23. The van der Waals surface area contributed by atoms with Crippen molar-refractivity contribution in [3.05, 3.63) is 40.5 Å². The Balaban J connectivity index is 3.03. The summed E-state index contributed by atoms with van der Waals surface area (Å²) in [5.74, 6) is 0.178. The maximum absolute atomic E-state index is 10.3. The molecule has 0 aliphatic carbocycles. The van der Waals surface area contributed by atoms with Crippen LogP contribution >= 0.6 is 0 Å². The molecule has 3 nitrogen and oxygen atoms in total. The molecule has 1 rings (SSSR count). The van der Waals surface area contributed by atoms with E-state index in [4.69, 9.17) is 0 Å². The molecule has 1 aromatic rings. The number of hydrogen-bond acceptors (Lipinski definition) is 3. The predicted octanol–water partition coefficient (Wildman–Crippen LogP) is 4.69. The Hall–Kier alpha value is -1.74.